The van der Waals surface area contributed by atoms with E-state index in [-0.39, 0.29) is 23.1 Å². The van der Waals surface area contributed by atoms with Crippen LogP contribution in [0.15, 0.2) is 97.1 Å². The van der Waals surface area contributed by atoms with Crippen LogP contribution in [0, 0.1) is 0 Å². The van der Waals surface area contributed by atoms with E-state index in [4.69, 9.17) is 0 Å². The first-order chi connectivity index (χ1) is 14.5. The van der Waals surface area contributed by atoms with Crippen molar-refractivity contribution in [2.24, 2.45) is 0 Å². The number of aromatic hydroxyl groups is 2. The Morgan fingerprint density at radius 3 is 1.20 bits per heavy atom. The second-order valence-electron chi connectivity index (χ2n) is 6.91. The molecule has 0 heterocycles. The van der Waals surface area contributed by atoms with Crippen LogP contribution in [0.1, 0.15) is 31.8 Å². The van der Waals surface area contributed by atoms with Gasteiger partial charge in [-0.15, -0.1) is 0 Å². The Labute approximate surface area is 173 Å². The summed E-state index contributed by atoms with van der Waals surface area (Å²) in [7, 11) is 0. The second kappa shape index (κ2) is 8.05. The van der Waals surface area contributed by atoms with Crippen LogP contribution in [0.3, 0.4) is 0 Å². The predicted molar refractivity (Wildman–Crippen MR) is 115 cm³/mol. The molecule has 0 saturated carbocycles. The van der Waals surface area contributed by atoms with E-state index in [0.717, 1.165) is 11.1 Å². The molecule has 0 aliphatic carbocycles. The molecule has 0 unspecified atom stereocenters. The Balaban J connectivity index is 1.65. The molecule has 0 aromatic heterocycles. The molecule has 0 amide bonds. The first-order valence-electron chi connectivity index (χ1n) is 9.39. The van der Waals surface area contributed by atoms with E-state index in [0.29, 0.717) is 22.3 Å². The minimum atomic E-state index is -0.145. The van der Waals surface area contributed by atoms with Crippen LogP contribution in [0.2, 0.25) is 0 Å². The molecule has 4 aromatic rings. The zero-order valence-corrected chi connectivity index (χ0v) is 15.9. The summed E-state index contributed by atoms with van der Waals surface area (Å²) >= 11 is 0. The third-order valence-electron chi connectivity index (χ3n) is 4.84. The van der Waals surface area contributed by atoms with E-state index in [2.05, 4.69) is 0 Å². The minimum Gasteiger partial charge on any atom is -0.508 e. The second-order valence-corrected chi connectivity index (χ2v) is 6.91. The minimum absolute atomic E-state index is 0.107. The maximum atomic E-state index is 12.8. The Bertz CT molecular complexity index is 1120. The van der Waals surface area contributed by atoms with Crippen LogP contribution in [0.5, 0.6) is 11.5 Å². The molecule has 0 bridgehead atoms. The summed E-state index contributed by atoms with van der Waals surface area (Å²) in [6.45, 7) is 0. The number of carbonyl (C=O) groups excluding carboxylic acids is 2. The van der Waals surface area contributed by atoms with Crippen molar-refractivity contribution in [3.63, 3.8) is 0 Å². The molecule has 4 aromatic carbocycles. The van der Waals surface area contributed by atoms with Gasteiger partial charge in [-0.05, 0) is 71.8 Å². The third kappa shape index (κ3) is 3.98. The van der Waals surface area contributed by atoms with Gasteiger partial charge in [-0.2, -0.15) is 0 Å². The topological polar surface area (TPSA) is 74.6 Å². The summed E-state index contributed by atoms with van der Waals surface area (Å²) in [6.07, 6.45) is 0. The molecular formula is C26H18O4. The van der Waals surface area contributed by atoms with Gasteiger partial charge in [0.2, 0.25) is 0 Å². The van der Waals surface area contributed by atoms with Crippen LogP contribution in [0.25, 0.3) is 11.1 Å². The monoisotopic (exact) mass is 394 g/mol. The van der Waals surface area contributed by atoms with Gasteiger partial charge < -0.3 is 10.2 Å². The highest BCUT2D eigenvalue weighted by atomic mass is 16.3. The van der Waals surface area contributed by atoms with Crippen LogP contribution < -0.4 is 0 Å². The van der Waals surface area contributed by atoms with E-state index in [1.165, 1.54) is 24.3 Å². The van der Waals surface area contributed by atoms with Crippen LogP contribution in [-0.2, 0) is 0 Å². The Morgan fingerprint density at radius 2 is 0.833 bits per heavy atom. The van der Waals surface area contributed by atoms with Crippen molar-refractivity contribution in [3.8, 4) is 22.6 Å². The van der Waals surface area contributed by atoms with E-state index in [9.17, 15) is 19.8 Å². The number of ketones is 2. The summed E-state index contributed by atoms with van der Waals surface area (Å²) in [4.78, 5) is 25.5. The van der Waals surface area contributed by atoms with Crippen molar-refractivity contribution in [2.75, 3.05) is 0 Å². The van der Waals surface area contributed by atoms with Crippen LogP contribution in [-0.4, -0.2) is 21.8 Å². The van der Waals surface area contributed by atoms with Crippen molar-refractivity contribution in [2.45, 2.75) is 0 Å². The molecule has 4 heteroatoms. The number of hydrogen-bond acceptors (Lipinski definition) is 4. The van der Waals surface area contributed by atoms with E-state index in [1.54, 1.807) is 60.7 Å². The number of phenolic OH excluding ortho intramolecular Hbond substituents is 2. The molecule has 0 radical (unpaired) electrons. The van der Waals surface area contributed by atoms with E-state index < -0.39 is 0 Å². The molecule has 0 aliphatic rings. The summed E-state index contributed by atoms with van der Waals surface area (Å²) in [5.41, 5.74) is 3.66. The standard InChI is InChI=1S/C26H18O4/c27-23-11-7-17(8-12-23)25(29)21-5-1-3-19(15-21)20-4-2-6-22(16-20)26(30)18-9-13-24(28)14-10-18/h1-16,27-28H. The van der Waals surface area contributed by atoms with E-state index in [1.807, 2.05) is 12.1 Å². The average molecular weight is 394 g/mol. The number of rotatable bonds is 5. The molecule has 0 atom stereocenters. The summed E-state index contributed by atoms with van der Waals surface area (Å²) in [5, 5.41) is 18.8. The first-order valence-corrected chi connectivity index (χ1v) is 9.39. The van der Waals surface area contributed by atoms with Gasteiger partial charge in [0, 0.05) is 22.3 Å². The molecule has 0 saturated heterocycles. The predicted octanol–water partition coefficient (Wildman–Crippen LogP) is 5.23. The normalized spacial score (nSPS) is 10.5. The number of carbonyl (C=O) groups is 2. The van der Waals surface area contributed by atoms with Gasteiger partial charge in [0.1, 0.15) is 11.5 Å². The fourth-order valence-corrected chi connectivity index (χ4v) is 3.24. The lowest BCUT2D eigenvalue weighted by molar-refractivity contribution is 0.103. The zero-order valence-electron chi connectivity index (χ0n) is 15.9. The fourth-order valence-electron chi connectivity index (χ4n) is 3.24. The lowest BCUT2D eigenvalue weighted by Gasteiger charge is -2.08. The lowest BCUT2D eigenvalue weighted by Crippen LogP contribution is -2.02. The molecule has 0 fully saturated rings. The Hall–Kier alpha value is -4.18. The van der Waals surface area contributed by atoms with Gasteiger partial charge in [0.05, 0.1) is 0 Å². The highest BCUT2D eigenvalue weighted by Crippen LogP contribution is 2.24. The zero-order chi connectivity index (χ0) is 21.1. The van der Waals surface area contributed by atoms with Crippen molar-refractivity contribution in [1.82, 2.24) is 0 Å². The molecule has 146 valence electrons. The molecule has 30 heavy (non-hydrogen) atoms. The van der Waals surface area contributed by atoms with Crippen molar-refractivity contribution in [1.29, 1.82) is 0 Å². The van der Waals surface area contributed by atoms with E-state index >= 15 is 0 Å². The van der Waals surface area contributed by atoms with Gasteiger partial charge in [0.25, 0.3) is 0 Å². The SMILES string of the molecule is O=C(c1ccc(O)cc1)c1cccc(-c2cccc(C(=O)c3ccc(O)cc3)c2)c1. The molecule has 0 aliphatic heterocycles. The molecule has 4 nitrogen and oxygen atoms in total. The molecule has 2 N–H and O–H groups in total. The largest absolute Gasteiger partial charge is 0.508 e. The molecule has 0 spiro atoms. The Kier molecular flexibility index (Phi) is 5.14. The van der Waals surface area contributed by atoms with Crippen molar-refractivity contribution >= 4 is 11.6 Å². The quantitative estimate of drug-likeness (QED) is 0.455. The van der Waals surface area contributed by atoms with Gasteiger partial charge in [-0.1, -0.05) is 36.4 Å². The van der Waals surface area contributed by atoms with Crippen molar-refractivity contribution in [3.05, 3.63) is 119 Å². The van der Waals surface area contributed by atoms with Gasteiger partial charge in [-0.3, -0.25) is 9.59 Å². The summed E-state index contributed by atoms with van der Waals surface area (Å²) in [6, 6.07) is 26.7. The van der Waals surface area contributed by atoms with Gasteiger partial charge >= 0.3 is 0 Å². The number of phenols is 2. The summed E-state index contributed by atoms with van der Waals surface area (Å²) in [5.74, 6) is -0.0767. The Morgan fingerprint density at radius 1 is 0.467 bits per heavy atom. The molecular weight excluding hydrogens is 376 g/mol. The van der Waals surface area contributed by atoms with Crippen molar-refractivity contribution < 1.29 is 19.8 Å². The first kappa shape index (κ1) is 19.2. The highest BCUT2D eigenvalue weighted by Gasteiger charge is 2.13. The number of hydrogen-bond donors (Lipinski definition) is 2. The van der Waals surface area contributed by atoms with Crippen LogP contribution >= 0.6 is 0 Å². The lowest BCUT2D eigenvalue weighted by atomic mass is 9.95. The summed E-state index contributed by atoms with van der Waals surface area (Å²) < 4.78 is 0. The van der Waals surface area contributed by atoms with Gasteiger partial charge in [-0.25, -0.2) is 0 Å². The maximum Gasteiger partial charge on any atom is 0.193 e. The highest BCUT2D eigenvalue weighted by molar-refractivity contribution is 6.10. The average Bonchev–Trinajstić information content (AvgIpc) is 2.79. The van der Waals surface area contributed by atoms with Gasteiger partial charge in [0.15, 0.2) is 11.6 Å². The fraction of sp³-hybridized carbons (Fsp3) is 0. The smallest absolute Gasteiger partial charge is 0.193 e. The molecule has 4 rings (SSSR count). The number of benzene rings is 4. The van der Waals surface area contributed by atoms with Crippen LogP contribution in [0.4, 0.5) is 0 Å². The maximum absolute atomic E-state index is 12.8. The third-order valence-corrected chi connectivity index (χ3v) is 4.84.